The van der Waals surface area contributed by atoms with Crippen LogP contribution < -0.4 is 9.47 Å². The van der Waals surface area contributed by atoms with Crippen LogP contribution >= 0.6 is 11.6 Å². The second-order valence-electron chi connectivity index (χ2n) is 4.82. The number of alkyl halides is 1. The standard InChI is InChI=1S/C14H21ClO2/c1-6-14(2,3)13(15)10-7-8-11(16-4)12(9-10)17-5/h7-9,13H,6H2,1-5H3. The summed E-state index contributed by atoms with van der Waals surface area (Å²) in [6.07, 6.45) is 1.02. The summed E-state index contributed by atoms with van der Waals surface area (Å²) in [4.78, 5) is 0. The molecule has 3 heteroatoms. The Labute approximate surface area is 109 Å². The van der Waals surface area contributed by atoms with E-state index in [2.05, 4.69) is 20.8 Å². The molecule has 0 saturated carbocycles. The normalized spacial score (nSPS) is 13.3. The number of methoxy groups -OCH3 is 2. The Bertz CT molecular complexity index is 374. The molecular formula is C14H21ClO2. The summed E-state index contributed by atoms with van der Waals surface area (Å²) in [5.41, 5.74) is 1.12. The molecule has 0 amide bonds. The maximum absolute atomic E-state index is 6.53. The maximum Gasteiger partial charge on any atom is 0.161 e. The molecule has 0 bridgehead atoms. The van der Waals surface area contributed by atoms with Crippen molar-refractivity contribution in [3.8, 4) is 11.5 Å². The molecule has 0 aliphatic heterocycles. The second kappa shape index (κ2) is 5.63. The van der Waals surface area contributed by atoms with Crippen LogP contribution in [0.25, 0.3) is 0 Å². The minimum atomic E-state index is -0.0349. The molecule has 96 valence electrons. The zero-order valence-corrected chi connectivity index (χ0v) is 12.0. The highest BCUT2D eigenvalue weighted by Crippen LogP contribution is 2.43. The van der Waals surface area contributed by atoms with Gasteiger partial charge < -0.3 is 9.47 Å². The van der Waals surface area contributed by atoms with Gasteiger partial charge in [-0.15, -0.1) is 11.6 Å². The van der Waals surface area contributed by atoms with E-state index in [1.54, 1.807) is 14.2 Å². The number of rotatable bonds is 5. The predicted octanol–water partition coefficient (Wildman–Crippen LogP) is 4.42. The molecule has 2 nitrogen and oxygen atoms in total. The summed E-state index contributed by atoms with van der Waals surface area (Å²) in [7, 11) is 3.27. The minimum Gasteiger partial charge on any atom is -0.493 e. The Balaban J connectivity index is 3.07. The first kappa shape index (κ1) is 14.2. The van der Waals surface area contributed by atoms with Crippen LogP contribution in [0.3, 0.4) is 0 Å². The molecule has 0 spiro atoms. The summed E-state index contributed by atoms with van der Waals surface area (Å²) in [5.74, 6) is 1.46. The molecule has 0 fully saturated rings. The molecular weight excluding hydrogens is 236 g/mol. The van der Waals surface area contributed by atoms with Gasteiger partial charge in [0.2, 0.25) is 0 Å². The van der Waals surface area contributed by atoms with Crippen LogP contribution in [0.15, 0.2) is 18.2 Å². The predicted molar refractivity (Wildman–Crippen MR) is 72.2 cm³/mol. The van der Waals surface area contributed by atoms with Gasteiger partial charge in [0.25, 0.3) is 0 Å². The smallest absolute Gasteiger partial charge is 0.161 e. The molecule has 1 unspecified atom stereocenters. The Hall–Kier alpha value is -0.890. The zero-order chi connectivity index (χ0) is 13.1. The van der Waals surface area contributed by atoms with Crippen molar-refractivity contribution in [3.05, 3.63) is 23.8 Å². The van der Waals surface area contributed by atoms with Crippen molar-refractivity contribution in [2.45, 2.75) is 32.6 Å². The average molecular weight is 257 g/mol. The molecule has 0 heterocycles. The van der Waals surface area contributed by atoms with E-state index in [9.17, 15) is 0 Å². The molecule has 0 N–H and O–H groups in total. The van der Waals surface area contributed by atoms with Crippen LogP contribution in [0.4, 0.5) is 0 Å². The van der Waals surface area contributed by atoms with E-state index in [0.717, 1.165) is 23.5 Å². The van der Waals surface area contributed by atoms with E-state index in [1.807, 2.05) is 18.2 Å². The van der Waals surface area contributed by atoms with Gasteiger partial charge in [-0.1, -0.05) is 26.8 Å². The molecule has 0 aliphatic carbocycles. The molecule has 0 radical (unpaired) electrons. The van der Waals surface area contributed by atoms with Gasteiger partial charge in [-0.25, -0.2) is 0 Å². The number of ether oxygens (including phenoxy) is 2. The highest BCUT2D eigenvalue weighted by molar-refractivity contribution is 6.21. The van der Waals surface area contributed by atoms with Crippen LogP contribution in [0, 0.1) is 5.41 Å². The highest BCUT2D eigenvalue weighted by atomic mass is 35.5. The van der Waals surface area contributed by atoms with E-state index in [1.165, 1.54) is 0 Å². The van der Waals surface area contributed by atoms with Crippen LogP contribution in [0.5, 0.6) is 11.5 Å². The van der Waals surface area contributed by atoms with Crippen molar-refractivity contribution < 1.29 is 9.47 Å². The lowest BCUT2D eigenvalue weighted by molar-refractivity contribution is 0.332. The Morgan fingerprint density at radius 1 is 1.18 bits per heavy atom. The first-order chi connectivity index (χ1) is 7.96. The Kier molecular flexibility index (Phi) is 4.70. The summed E-state index contributed by atoms with van der Waals surface area (Å²) >= 11 is 6.53. The first-order valence-corrected chi connectivity index (χ1v) is 6.26. The molecule has 1 aromatic carbocycles. The largest absolute Gasteiger partial charge is 0.493 e. The monoisotopic (exact) mass is 256 g/mol. The van der Waals surface area contributed by atoms with Crippen molar-refractivity contribution in [2.75, 3.05) is 14.2 Å². The van der Waals surface area contributed by atoms with Crippen LogP contribution in [-0.4, -0.2) is 14.2 Å². The third-order valence-electron chi connectivity index (χ3n) is 3.30. The zero-order valence-electron chi connectivity index (χ0n) is 11.2. The van der Waals surface area contributed by atoms with Gasteiger partial charge in [0.05, 0.1) is 19.6 Å². The number of hydrogen-bond acceptors (Lipinski definition) is 2. The van der Waals surface area contributed by atoms with Gasteiger partial charge in [-0.2, -0.15) is 0 Å². The number of halogens is 1. The van der Waals surface area contributed by atoms with Crippen molar-refractivity contribution in [2.24, 2.45) is 5.41 Å². The Morgan fingerprint density at radius 3 is 2.24 bits per heavy atom. The molecule has 1 aromatic rings. The van der Waals surface area contributed by atoms with Crippen LogP contribution in [-0.2, 0) is 0 Å². The van der Waals surface area contributed by atoms with Crippen molar-refractivity contribution in [3.63, 3.8) is 0 Å². The lowest BCUT2D eigenvalue weighted by Crippen LogP contribution is -2.16. The molecule has 17 heavy (non-hydrogen) atoms. The number of hydrogen-bond donors (Lipinski definition) is 0. The first-order valence-electron chi connectivity index (χ1n) is 5.82. The lowest BCUT2D eigenvalue weighted by Gasteiger charge is -2.29. The SMILES string of the molecule is CCC(C)(C)C(Cl)c1ccc(OC)c(OC)c1. The third kappa shape index (κ3) is 3.06. The van der Waals surface area contributed by atoms with Crippen LogP contribution in [0.2, 0.25) is 0 Å². The molecule has 1 rings (SSSR count). The van der Waals surface area contributed by atoms with Gasteiger partial charge in [0.15, 0.2) is 11.5 Å². The summed E-state index contributed by atoms with van der Waals surface area (Å²) in [5, 5.41) is -0.0349. The summed E-state index contributed by atoms with van der Waals surface area (Å²) in [6, 6.07) is 5.85. The van der Waals surface area contributed by atoms with Crippen molar-refractivity contribution in [1.29, 1.82) is 0 Å². The topological polar surface area (TPSA) is 18.5 Å². The molecule has 1 atom stereocenters. The van der Waals surface area contributed by atoms with Crippen molar-refractivity contribution in [1.82, 2.24) is 0 Å². The molecule has 0 aromatic heterocycles. The van der Waals surface area contributed by atoms with E-state index >= 15 is 0 Å². The van der Waals surface area contributed by atoms with Gasteiger partial charge in [0, 0.05) is 0 Å². The van der Waals surface area contributed by atoms with E-state index in [-0.39, 0.29) is 10.8 Å². The molecule has 0 saturated heterocycles. The Morgan fingerprint density at radius 2 is 1.76 bits per heavy atom. The second-order valence-corrected chi connectivity index (χ2v) is 5.26. The highest BCUT2D eigenvalue weighted by Gasteiger charge is 2.27. The van der Waals surface area contributed by atoms with E-state index in [0.29, 0.717) is 0 Å². The van der Waals surface area contributed by atoms with Crippen LogP contribution in [0.1, 0.15) is 38.1 Å². The summed E-state index contributed by atoms with van der Waals surface area (Å²) in [6.45, 7) is 6.49. The third-order valence-corrected chi connectivity index (χ3v) is 4.14. The fourth-order valence-electron chi connectivity index (χ4n) is 1.64. The van der Waals surface area contributed by atoms with Gasteiger partial charge in [0.1, 0.15) is 0 Å². The maximum atomic E-state index is 6.53. The quantitative estimate of drug-likeness (QED) is 0.726. The van der Waals surface area contributed by atoms with Gasteiger partial charge in [-0.05, 0) is 29.5 Å². The van der Waals surface area contributed by atoms with E-state index in [4.69, 9.17) is 21.1 Å². The summed E-state index contributed by atoms with van der Waals surface area (Å²) < 4.78 is 10.5. The average Bonchev–Trinajstić information content (AvgIpc) is 2.36. The fraction of sp³-hybridized carbons (Fsp3) is 0.571. The fourth-order valence-corrected chi connectivity index (χ4v) is 1.93. The van der Waals surface area contributed by atoms with Gasteiger partial charge in [-0.3, -0.25) is 0 Å². The van der Waals surface area contributed by atoms with Crippen molar-refractivity contribution >= 4 is 11.6 Å². The van der Waals surface area contributed by atoms with E-state index < -0.39 is 0 Å². The number of benzene rings is 1. The molecule has 0 aliphatic rings. The minimum absolute atomic E-state index is 0.0349. The van der Waals surface area contributed by atoms with Gasteiger partial charge >= 0.3 is 0 Å². The lowest BCUT2D eigenvalue weighted by atomic mass is 9.83.